The van der Waals surface area contributed by atoms with Crippen LogP contribution < -0.4 is 9.47 Å². The van der Waals surface area contributed by atoms with Gasteiger partial charge in [-0.1, -0.05) is 30.3 Å². The van der Waals surface area contributed by atoms with Gasteiger partial charge in [0, 0.05) is 19.6 Å². The monoisotopic (exact) mass is 344 g/mol. The van der Waals surface area contributed by atoms with E-state index in [0.717, 1.165) is 6.42 Å². The van der Waals surface area contributed by atoms with E-state index >= 15 is 0 Å². The van der Waals surface area contributed by atoms with E-state index in [-0.39, 0.29) is 6.10 Å². The highest BCUT2D eigenvalue weighted by Crippen LogP contribution is 2.25. The molecule has 134 valence electrons. The van der Waals surface area contributed by atoms with Crippen molar-refractivity contribution in [3.05, 3.63) is 59.7 Å². The minimum Gasteiger partial charge on any atom is -0.493 e. The summed E-state index contributed by atoms with van der Waals surface area (Å²) in [6, 6.07) is 15.1. The van der Waals surface area contributed by atoms with E-state index in [4.69, 9.17) is 18.9 Å². The molecule has 0 amide bonds. The molecular weight excluding hydrogens is 320 g/mol. The fourth-order valence-electron chi connectivity index (χ4n) is 2.39. The summed E-state index contributed by atoms with van der Waals surface area (Å²) < 4.78 is 21.5. The lowest BCUT2D eigenvalue weighted by Crippen LogP contribution is -2.18. The van der Waals surface area contributed by atoms with E-state index in [2.05, 4.69) is 12.1 Å². The second-order valence-electron chi connectivity index (χ2n) is 5.65. The maximum Gasteiger partial charge on any atom is 0.338 e. The molecule has 0 saturated heterocycles. The molecule has 0 N–H and O–H groups in total. The predicted octanol–water partition coefficient (Wildman–Crippen LogP) is 3.51. The SMILES string of the molecule is COC[C@H](C)Oc1cc(OCCc2ccccc2)cc(C(=O)OC)c1. The maximum atomic E-state index is 11.9. The van der Waals surface area contributed by atoms with E-state index in [9.17, 15) is 4.79 Å². The Morgan fingerprint density at radius 1 is 1.04 bits per heavy atom. The Bertz CT molecular complexity index is 669. The lowest BCUT2D eigenvalue weighted by Gasteiger charge is -2.16. The van der Waals surface area contributed by atoms with Crippen molar-refractivity contribution in [2.45, 2.75) is 19.4 Å². The highest BCUT2D eigenvalue weighted by Gasteiger charge is 2.12. The van der Waals surface area contributed by atoms with Crippen molar-refractivity contribution in [3.63, 3.8) is 0 Å². The Kier molecular flexibility index (Phi) is 7.29. The van der Waals surface area contributed by atoms with Gasteiger partial charge in [0.05, 0.1) is 25.9 Å². The highest BCUT2D eigenvalue weighted by molar-refractivity contribution is 5.90. The number of carbonyl (C=O) groups excluding carboxylic acids is 1. The number of methoxy groups -OCH3 is 2. The Labute approximate surface area is 148 Å². The molecule has 2 rings (SSSR count). The smallest absolute Gasteiger partial charge is 0.338 e. The summed E-state index contributed by atoms with van der Waals surface area (Å²) in [5.41, 5.74) is 1.58. The van der Waals surface area contributed by atoms with Crippen LogP contribution >= 0.6 is 0 Å². The average molecular weight is 344 g/mol. The van der Waals surface area contributed by atoms with Gasteiger partial charge < -0.3 is 18.9 Å². The molecule has 1 atom stereocenters. The molecule has 0 unspecified atom stereocenters. The molecule has 25 heavy (non-hydrogen) atoms. The second kappa shape index (κ2) is 9.69. The molecule has 0 aromatic heterocycles. The van der Waals surface area contributed by atoms with Crippen LogP contribution in [0.2, 0.25) is 0 Å². The van der Waals surface area contributed by atoms with Gasteiger partial charge in [-0.15, -0.1) is 0 Å². The fraction of sp³-hybridized carbons (Fsp3) is 0.350. The number of hydrogen-bond donors (Lipinski definition) is 0. The van der Waals surface area contributed by atoms with Crippen molar-refractivity contribution in [1.29, 1.82) is 0 Å². The maximum absolute atomic E-state index is 11.9. The van der Waals surface area contributed by atoms with Gasteiger partial charge in [0.1, 0.15) is 17.6 Å². The zero-order valence-corrected chi connectivity index (χ0v) is 14.9. The number of esters is 1. The first-order valence-electron chi connectivity index (χ1n) is 8.18. The molecule has 5 heteroatoms. The average Bonchev–Trinajstić information content (AvgIpc) is 2.62. The van der Waals surface area contributed by atoms with Crippen molar-refractivity contribution in [1.82, 2.24) is 0 Å². The van der Waals surface area contributed by atoms with Crippen LogP contribution in [0.25, 0.3) is 0 Å². The van der Waals surface area contributed by atoms with Crippen LogP contribution in [0.5, 0.6) is 11.5 Å². The molecule has 0 aliphatic heterocycles. The summed E-state index contributed by atoms with van der Waals surface area (Å²) in [7, 11) is 2.96. The van der Waals surface area contributed by atoms with Crippen molar-refractivity contribution in [3.8, 4) is 11.5 Å². The third-order valence-electron chi connectivity index (χ3n) is 3.54. The molecule has 0 spiro atoms. The minimum atomic E-state index is -0.433. The van der Waals surface area contributed by atoms with Crippen molar-refractivity contribution in [2.75, 3.05) is 27.4 Å². The van der Waals surface area contributed by atoms with Gasteiger partial charge in [0.2, 0.25) is 0 Å². The van der Waals surface area contributed by atoms with E-state index in [0.29, 0.717) is 30.3 Å². The highest BCUT2D eigenvalue weighted by atomic mass is 16.5. The van der Waals surface area contributed by atoms with Gasteiger partial charge in [-0.05, 0) is 24.6 Å². The molecule has 0 bridgehead atoms. The van der Waals surface area contributed by atoms with Crippen LogP contribution in [0.4, 0.5) is 0 Å². The summed E-state index contributed by atoms with van der Waals surface area (Å²) in [5, 5.41) is 0. The molecule has 0 fully saturated rings. The Hall–Kier alpha value is -2.53. The van der Waals surface area contributed by atoms with Crippen LogP contribution in [0.3, 0.4) is 0 Å². The van der Waals surface area contributed by atoms with Gasteiger partial charge in [0.15, 0.2) is 0 Å². The fourth-order valence-corrected chi connectivity index (χ4v) is 2.39. The summed E-state index contributed by atoms with van der Waals surface area (Å²) >= 11 is 0. The lowest BCUT2D eigenvalue weighted by molar-refractivity contribution is 0.0598. The van der Waals surface area contributed by atoms with Crippen LogP contribution in [-0.2, 0) is 15.9 Å². The molecule has 0 radical (unpaired) electrons. The first-order chi connectivity index (χ1) is 12.1. The third-order valence-corrected chi connectivity index (χ3v) is 3.54. The van der Waals surface area contributed by atoms with E-state index in [1.807, 2.05) is 25.1 Å². The summed E-state index contributed by atoms with van der Waals surface area (Å²) in [6.45, 7) is 2.85. The van der Waals surface area contributed by atoms with E-state index in [1.165, 1.54) is 12.7 Å². The van der Waals surface area contributed by atoms with E-state index < -0.39 is 5.97 Å². The largest absolute Gasteiger partial charge is 0.493 e. The van der Waals surface area contributed by atoms with Gasteiger partial charge in [-0.2, -0.15) is 0 Å². The summed E-state index contributed by atoms with van der Waals surface area (Å²) in [6.07, 6.45) is 0.634. The van der Waals surface area contributed by atoms with Gasteiger partial charge in [-0.25, -0.2) is 4.79 Å². The Morgan fingerprint density at radius 3 is 2.44 bits per heavy atom. The molecule has 2 aromatic rings. The number of carbonyl (C=O) groups is 1. The first kappa shape index (κ1) is 18.8. The molecular formula is C20H24O5. The molecule has 5 nitrogen and oxygen atoms in total. The minimum absolute atomic E-state index is 0.143. The zero-order chi connectivity index (χ0) is 18.1. The molecule has 0 saturated carbocycles. The van der Waals surface area contributed by atoms with Crippen LogP contribution in [0, 0.1) is 0 Å². The van der Waals surface area contributed by atoms with Crippen LogP contribution in [0.15, 0.2) is 48.5 Å². The van der Waals surface area contributed by atoms with Crippen molar-refractivity contribution in [2.24, 2.45) is 0 Å². The van der Waals surface area contributed by atoms with Gasteiger partial charge in [0.25, 0.3) is 0 Å². The zero-order valence-electron chi connectivity index (χ0n) is 14.9. The number of benzene rings is 2. The normalized spacial score (nSPS) is 11.6. The molecule has 0 aliphatic carbocycles. The van der Waals surface area contributed by atoms with Crippen molar-refractivity contribution < 1.29 is 23.7 Å². The molecule has 0 aliphatic rings. The van der Waals surface area contributed by atoms with Crippen LogP contribution in [0.1, 0.15) is 22.8 Å². The Balaban J connectivity index is 2.07. The van der Waals surface area contributed by atoms with Crippen molar-refractivity contribution >= 4 is 5.97 Å². The lowest BCUT2D eigenvalue weighted by atomic mass is 10.1. The molecule has 2 aromatic carbocycles. The third kappa shape index (κ3) is 6.12. The number of ether oxygens (including phenoxy) is 4. The standard InChI is InChI=1S/C20H24O5/c1-15(14-22-2)25-19-12-17(20(21)23-3)11-18(13-19)24-10-9-16-7-5-4-6-8-16/h4-8,11-13,15H,9-10,14H2,1-3H3/t15-/m0/s1. The quantitative estimate of drug-likeness (QED) is 0.652. The molecule has 0 heterocycles. The van der Waals surface area contributed by atoms with E-state index in [1.54, 1.807) is 25.3 Å². The Morgan fingerprint density at radius 2 is 1.76 bits per heavy atom. The van der Waals surface area contributed by atoms with Crippen LogP contribution in [-0.4, -0.2) is 39.5 Å². The first-order valence-corrected chi connectivity index (χ1v) is 8.18. The number of hydrogen-bond acceptors (Lipinski definition) is 5. The predicted molar refractivity (Wildman–Crippen MR) is 95.4 cm³/mol. The summed E-state index contributed by atoms with van der Waals surface area (Å²) in [4.78, 5) is 11.9. The summed E-state index contributed by atoms with van der Waals surface area (Å²) in [5.74, 6) is 0.679. The van der Waals surface area contributed by atoms with Gasteiger partial charge in [-0.3, -0.25) is 0 Å². The topological polar surface area (TPSA) is 54.0 Å². The number of rotatable bonds is 9. The second-order valence-corrected chi connectivity index (χ2v) is 5.65. The van der Waals surface area contributed by atoms with Gasteiger partial charge >= 0.3 is 5.97 Å².